The molecule has 84 valence electrons. The van der Waals surface area contributed by atoms with Gasteiger partial charge in [-0.1, -0.05) is 12.0 Å². The molecule has 0 unspecified atom stereocenters. The van der Waals surface area contributed by atoms with Crippen LogP contribution in [0.5, 0.6) is 5.75 Å². The van der Waals surface area contributed by atoms with E-state index in [1.165, 1.54) is 11.8 Å². The minimum absolute atomic E-state index is 0.801. The van der Waals surface area contributed by atoms with Crippen molar-refractivity contribution in [3.63, 3.8) is 0 Å². The summed E-state index contributed by atoms with van der Waals surface area (Å²) >= 11 is 0. The van der Waals surface area contributed by atoms with Crippen LogP contribution >= 0.6 is 0 Å². The van der Waals surface area contributed by atoms with Gasteiger partial charge in [0.25, 0.3) is 0 Å². The second-order valence-electron chi connectivity index (χ2n) is 4.55. The SMILES string of the molecule is C#Cc1cccc(OC)c1.C1CC2CCC12. The van der Waals surface area contributed by atoms with Gasteiger partial charge < -0.3 is 4.74 Å². The molecule has 0 amide bonds. The third-order valence-corrected chi connectivity index (χ3v) is 3.72. The van der Waals surface area contributed by atoms with Crippen molar-refractivity contribution in [2.75, 3.05) is 7.11 Å². The second-order valence-corrected chi connectivity index (χ2v) is 4.55. The number of ether oxygens (including phenoxy) is 1. The standard InChI is InChI=1S/C9H8O.C6H10/c1-3-8-5-4-6-9(7-8)10-2;1-2-6-4-3-5(1)6/h1,4-7H,2H3;5-6H,1-4H2. The lowest BCUT2D eigenvalue weighted by Crippen LogP contribution is -2.34. The Morgan fingerprint density at radius 1 is 1.19 bits per heavy atom. The summed E-state index contributed by atoms with van der Waals surface area (Å²) in [4.78, 5) is 0. The van der Waals surface area contributed by atoms with Gasteiger partial charge in [0, 0.05) is 5.56 Å². The van der Waals surface area contributed by atoms with E-state index in [4.69, 9.17) is 11.2 Å². The van der Waals surface area contributed by atoms with Gasteiger partial charge in [-0.2, -0.15) is 0 Å². The van der Waals surface area contributed by atoms with Crippen LogP contribution in [0.3, 0.4) is 0 Å². The van der Waals surface area contributed by atoms with E-state index in [0.717, 1.165) is 11.3 Å². The zero-order valence-corrected chi connectivity index (χ0v) is 9.78. The first-order valence-electron chi connectivity index (χ1n) is 5.94. The molecule has 2 aliphatic carbocycles. The Bertz CT molecular complexity index is 371. The van der Waals surface area contributed by atoms with Crippen LogP contribution in [-0.4, -0.2) is 7.11 Å². The average molecular weight is 214 g/mol. The summed E-state index contributed by atoms with van der Waals surface area (Å²) in [6.07, 6.45) is 11.4. The van der Waals surface area contributed by atoms with Crippen molar-refractivity contribution in [3.05, 3.63) is 29.8 Å². The van der Waals surface area contributed by atoms with Crippen LogP contribution < -0.4 is 4.74 Å². The number of methoxy groups -OCH3 is 1. The molecule has 0 aliphatic heterocycles. The number of terminal acetylenes is 1. The summed E-state index contributed by atoms with van der Waals surface area (Å²) in [6.45, 7) is 0. The zero-order valence-electron chi connectivity index (χ0n) is 9.78. The summed E-state index contributed by atoms with van der Waals surface area (Å²) in [6, 6.07) is 7.41. The number of benzene rings is 1. The van der Waals surface area contributed by atoms with Crippen molar-refractivity contribution >= 4 is 0 Å². The lowest BCUT2D eigenvalue weighted by molar-refractivity contribution is 0.0548. The first-order chi connectivity index (χ1) is 7.83. The van der Waals surface area contributed by atoms with E-state index >= 15 is 0 Å². The lowest BCUT2D eigenvalue weighted by Gasteiger charge is -2.46. The summed E-state index contributed by atoms with van der Waals surface area (Å²) in [5.41, 5.74) is 0.847. The van der Waals surface area contributed by atoms with Crippen LogP contribution in [0.25, 0.3) is 0 Å². The van der Waals surface area contributed by atoms with Gasteiger partial charge in [0.05, 0.1) is 7.11 Å². The maximum atomic E-state index is 5.17. The van der Waals surface area contributed by atoms with E-state index in [1.54, 1.807) is 32.8 Å². The maximum absolute atomic E-state index is 5.17. The third-order valence-electron chi connectivity index (χ3n) is 3.72. The third kappa shape index (κ3) is 2.39. The summed E-state index contributed by atoms with van der Waals surface area (Å²) in [7, 11) is 1.62. The Hall–Kier alpha value is -1.42. The van der Waals surface area contributed by atoms with Gasteiger partial charge >= 0.3 is 0 Å². The summed E-state index contributed by atoms with van der Waals surface area (Å²) in [5.74, 6) is 5.75. The molecule has 2 saturated carbocycles. The van der Waals surface area contributed by atoms with Crippen LogP contribution in [-0.2, 0) is 0 Å². The van der Waals surface area contributed by atoms with Gasteiger partial charge in [0.15, 0.2) is 0 Å². The molecular weight excluding hydrogens is 196 g/mol. The highest BCUT2D eigenvalue weighted by Crippen LogP contribution is 2.49. The van der Waals surface area contributed by atoms with Crippen molar-refractivity contribution in [2.24, 2.45) is 11.8 Å². The minimum atomic E-state index is 0.801. The molecule has 0 bridgehead atoms. The van der Waals surface area contributed by atoms with Gasteiger partial charge in [-0.25, -0.2) is 0 Å². The minimum Gasteiger partial charge on any atom is -0.497 e. The second kappa shape index (κ2) is 5.07. The summed E-state index contributed by atoms with van der Waals surface area (Å²) < 4.78 is 4.96. The fourth-order valence-corrected chi connectivity index (χ4v) is 2.28. The van der Waals surface area contributed by atoms with Crippen LogP contribution in [0.15, 0.2) is 24.3 Å². The van der Waals surface area contributed by atoms with Gasteiger partial charge in [0.1, 0.15) is 5.75 Å². The van der Waals surface area contributed by atoms with E-state index in [1.807, 2.05) is 24.3 Å². The number of rotatable bonds is 1. The van der Waals surface area contributed by atoms with Gasteiger partial charge in [0.2, 0.25) is 0 Å². The predicted octanol–water partition coefficient (Wildman–Crippen LogP) is 3.48. The zero-order chi connectivity index (χ0) is 11.4. The fraction of sp³-hybridized carbons (Fsp3) is 0.467. The molecule has 2 fully saturated rings. The van der Waals surface area contributed by atoms with Crippen molar-refractivity contribution in [2.45, 2.75) is 25.7 Å². The predicted molar refractivity (Wildman–Crippen MR) is 66.4 cm³/mol. The molecule has 0 aromatic heterocycles. The molecule has 1 aromatic carbocycles. The average Bonchev–Trinajstić information content (AvgIpc) is 2.34. The molecule has 2 aliphatic rings. The van der Waals surface area contributed by atoms with Crippen LogP contribution in [0.4, 0.5) is 0 Å². The fourth-order valence-electron chi connectivity index (χ4n) is 2.28. The molecule has 0 atom stereocenters. The molecule has 3 rings (SSSR count). The molecular formula is C15H18O. The molecule has 0 spiro atoms. The maximum Gasteiger partial charge on any atom is 0.120 e. The molecule has 16 heavy (non-hydrogen) atoms. The van der Waals surface area contributed by atoms with Gasteiger partial charge in [-0.15, -0.1) is 6.42 Å². The van der Waals surface area contributed by atoms with E-state index in [2.05, 4.69) is 5.92 Å². The molecule has 0 saturated heterocycles. The number of fused-ring (bicyclic) bond motifs is 1. The van der Waals surface area contributed by atoms with Gasteiger partial charge in [-0.3, -0.25) is 0 Å². The van der Waals surface area contributed by atoms with E-state index < -0.39 is 0 Å². The normalized spacial score (nSPS) is 24.8. The van der Waals surface area contributed by atoms with E-state index in [9.17, 15) is 0 Å². The summed E-state index contributed by atoms with van der Waals surface area (Å²) in [5, 5.41) is 0. The number of hydrogen-bond donors (Lipinski definition) is 0. The number of hydrogen-bond acceptors (Lipinski definition) is 1. The van der Waals surface area contributed by atoms with E-state index in [-0.39, 0.29) is 0 Å². The molecule has 0 N–H and O–H groups in total. The first kappa shape index (κ1) is 11.1. The highest BCUT2D eigenvalue weighted by molar-refractivity contribution is 5.38. The van der Waals surface area contributed by atoms with E-state index in [0.29, 0.717) is 0 Å². The first-order valence-corrected chi connectivity index (χ1v) is 5.94. The van der Waals surface area contributed by atoms with Crippen LogP contribution in [0, 0.1) is 24.2 Å². The molecule has 0 radical (unpaired) electrons. The van der Waals surface area contributed by atoms with Crippen molar-refractivity contribution in [1.29, 1.82) is 0 Å². The Morgan fingerprint density at radius 2 is 1.81 bits per heavy atom. The van der Waals surface area contributed by atoms with Crippen molar-refractivity contribution in [3.8, 4) is 18.1 Å². The Balaban J connectivity index is 0.000000134. The Morgan fingerprint density at radius 3 is 2.19 bits per heavy atom. The molecule has 1 aromatic rings. The topological polar surface area (TPSA) is 9.23 Å². The van der Waals surface area contributed by atoms with Crippen LogP contribution in [0.2, 0.25) is 0 Å². The molecule has 1 heteroatoms. The monoisotopic (exact) mass is 214 g/mol. The highest BCUT2D eigenvalue weighted by atomic mass is 16.5. The Kier molecular flexibility index (Phi) is 3.51. The smallest absolute Gasteiger partial charge is 0.120 e. The van der Waals surface area contributed by atoms with Crippen molar-refractivity contribution in [1.82, 2.24) is 0 Å². The largest absolute Gasteiger partial charge is 0.497 e. The van der Waals surface area contributed by atoms with Crippen molar-refractivity contribution < 1.29 is 4.74 Å². The quantitative estimate of drug-likeness (QED) is 0.650. The Labute approximate surface area is 97.8 Å². The highest BCUT2D eigenvalue weighted by Gasteiger charge is 2.37. The molecule has 1 nitrogen and oxygen atoms in total. The van der Waals surface area contributed by atoms with Gasteiger partial charge in [-0.05, 0) is 55.7 Å². The van der Waals surface area contributed by atoms with Crippen LogP contribution in [0.1, 0.15) is 31.2 Å². The molecule has 0 heterocycles. The lowest BCUT2D eigenvalue weighted by atomic mass is 9.60.